The van der Waals surface area contributed by atoms with Crippen LogP contribution in [0.25, 0.3) is 11.2 Å². The van der Waals surface area contributed by atoms with Gasteiger partial charge in [-0.15, -0.1) is 0 Å². The molecule has 2 N–H and O–H groups in total. The molecule has 2 aromatic heterocycles. The Labute approximate surface area is 191 Å². The van der Waals surface area contributed by atoms with Gasteiger partial charge in [0.25, 0.3) is 5.56 Å². The number of carbonyl (C=O) groups excluding carboxylic acids is 1. The largest absolute Gasteiger partial charge is 0.330 e. The van der Waals surface area contributed by atoms with Crippen LogP contribution in [0.4, 0.5) is 10.1 Å². The molecule has 3 aromatic rings. The lowest BCUT2D eigenvalue weighted by molar-refractivity contribution is -0.116. The molecule has 0 aliphatic rings. The fraction of sp³-hybridized carbons (Fsp3) is 0.500. The number of halogens is 1. The van der Waals surface area contributed by atoms with Crippen LogP contribution >= 0.6 is 0 Å². The third-order valence-corrected chi connectivity index (χ3v) is 5.66. The first kappa shape index (κ1) is 24.4. The highest BCUT2D eigenvalue weighted by Crippen LogP contribution is 2.18. The second kappa shape index (κ2) is 11.1. The number of rotatable bonds is 11. The topological polar surface area (TPSA) is 102 Å². The number of aromatic nitrogens is 4. The summed E-state index contributed by atoms with van der Waals surface area (Å²) in [7, 11) is 0. The van der Waals surface area contributed by atoms with Crippen molar-refractivity contribution in [2.75, 3.05) is 5.32 Å². The smallest absolute Gasteiger partial charge is 0.324 e. The van der Waals surface area contributed by atoms with E-state index >= 15 is 0 Å². The van der Waals surface area contributed by atoms with Crippen molar-refractivity contribution in [3.63, 3.8) is 0 Å². The number of nitrogens with zero attached hydrogens (tertiary/aromatic N) is 3. The second-order valence-corrected chi connectivity index (χ2v) is 8.35. The average Bonchev–Trinajstić information content (AvgIpc) is 3.13. The molecule has 0 fully saturated rings. The van der Waals surface area contributed by atoms with E-state index in [1.807, 2.05) is 11.5 Å². The Morgan fingerprint density at radius 2 is 1.82 bits per heavy atom. The van der Waals surface area contributed by atoms with Gasteiger partial charge >= 0.3 is 5.69 Å². The summed E-state index contributed by atoms with van der Waals surface area (Å²) >= 11 is 0. The first-order chi connectivity index (χ1) is 15.8. The van der Waals surface area contributed by atoms with E-state index in [2.05, 4.69) is 22.2 Å². The number of hydrogen-bond donors (Lipinski definition) is 2. The van der Waals surface area contributed by atoms with Gasteiger partial charge in [-0.25, -0.2) is 14.2 Å². The number of imidazole rings is 1. The molecule has 0 unspecified atom stereocenters. The van der Waals surface area contributed by atoms with Gasteiger partial charge in [-0.1, -0.05) is 39.2 Å². The molecule has 1 aromatic carbocycles. The van der Waals surface area contributed by atoms with Crippen LogP contribution in [0.2, 0.25) is 0 Å². The summed E-state index contributed by atoms with van der Waals surface area (Å²) in [5.74, 6) is -0.259. The maximum atomic E-state index is 14.1. The molecule has 1 amide bonds. The normalized spacial score (nSPS) is 11.3. The summed E-state index contributed by atoms with van der Waals surface area (Å²) in [6, 6.07) is 4.63. The number of fused-ring (bicyclic) bond motifs is 1. The van der Waals surface area contributed by atoms with Gasteiger partial charge in [0.1, 0.15) is 11.6 Å². The third-order valence-electron chi connectivity index (χ3n) is 5.66. The van der Waals surface area contributed by atoms with Gasteiger partial charge in [-0.2, -0.15) is 0 Å². The Balaban J connectivity index is 1.90. The quantitative estimate of drug-likeness (QED) is 0.427. The zero-order valence-electron chi connectivity index (χ0n) is 19.5. The van der Waals surface area contributed by atoms with Crippen molar-refractivity contribution in [2.45, 2.75) is 78.8 Å². The predicted molar refractivity (Wildman–Crippen MR) is 127 cm³/mol. The van der Waals surface area contributed by atoms with Gasteiger partial charge in [0.2, 0.25) is 5.91 Å². The number of aromatic amines is 1. The predicted octanol–water partition coefficient (Wildman–Crippen LogP) is 3.90. The molecule has 0 saturated carbocycles. The molecular weight excluding hydrogens is 425 g/mol. The Morgan fingerprint density at radius 3 is 2.52 bits per heavy atom. The van der Waals surface area contributed by atoms with E-state index in [9.17, 15) is 18.8 Å². The van der Waals surface area contributed by atoms with Gasteiger partial charge < -0.3 is 9.88 Å². The summed E-state index contributed by atoms with van der Waals surface area (Å²) in [5, 5.41) is 2.60. The molecule has 2 heterocycles. The van der Waals surface area contributed by atoms with Crippen LogP contribution in [-0.2, 0) is 24.3 Å². The number of anilines is 1. The zero-order valence-corrected chi connectivity index (χ0v) is 19.5. The van der Waals surface area contributed by atoms with E-state index in [0.29, 0.717) is 30.1 Å². The van der Waals surface area contributed by atoms with Crippen molar-refractivity contribution < 1.29 is 9.18 Å². The lowest BCUT2D eigenvalue weighted by atomic mass is 10.2. The number of carbonyl (C=O) groups is 1. The SMILES string of the molecule is CCCCCn1c(CCC(=O)Nc2ccc(C)cc2F)nc2c1c(=O)[nH]c(=O)n2CCCC. The summed E-state index contributed by atoms with van der Waals surface area (Å²) in [5.41, 5.74) is 0.676. The van der Waals surface area contributed by atoms with Crippen LogP contribution < -0.4 is 16.6 Å². The fourth-order valence-corrected chi connectivity index (χ4v) is 3.85. The molecule has 0 spiro atoms. The van der Waals surface area contributed by atoms with Crippen LogP contribution in [0.5, 0.6) is 0 Å². The molecular formula is C24H32FN5O3. The van der Waals surface area contributed by atoms with Gasteiger partial charge in [-0.05, 0) is 37.5 Å². The second-order valence-electron chi connectivity index (χ2n) is 8.35. The third kappa shape index (κ3) is 5.77. The molecule has 0 aliphatic heterocycles. The molecule has 0 aliphatic carbocycles. The zero-order chi connectivity index (χ0) is 24.0. The van der Waals surface area contributed by atoms with Crippen molar-refractivity contribution >= 4 is 22.8 Å². The Bertz CT molecular complexity index is 1240. The minimum Gasteiger partial charge on any atom is -0.324 e. The monoisotopic (exact) mass is 457 g/mol. The minimum atomic E-state index is -0.485. The van der Waals surface area contributed by atoms with Crippen molar-refractivity contribution in [2.24, 2.45) is 0 Å². The molecule has 178 valence electrons. The van der Waals surface area contributed by atoms with Crippen molar-refractivity contribution in [1.29, 1.82) is 0 Å². The first-order valence-corrected chi connectivity index (χ1v) is 11.6. The molecule has 3 rings (SSSR count). The van der Waals surface area contributed by atoms with E-state index in [1.165, 1.54) is 16.7 Å². The van der Waals surface area contributed by atoms with Crippen molar-refractivity contribution in [3.05, 3.63) is 56.2 Å². The highest BCUT2D eigenvalue weighted by molar-refractivity contribution is 5.91. The maximum Gasteiger partial charge on any atom is 0.330 e. The molecule has 0 saturated heterocycles. The Morgan fingerprint density at radius 1 is 1.09 bits per heavy atom. The number of benzene rings is 1. The average molecular weight is 458 g/mol. The van der Waals surface area contributed by atoms with Gasteiger partial charge in [0, 0.05) is 25.9 Å². The van der Waals surface area contributed by atoms with Gasteiger partial charge in [0.15, 0.2) is 11.2 Å². The van der Waals surface area contributed by atoms with Gasteiger partial charge in [-0.3, -0.25) is 19.1 Å². The van der Waals surface area contributed by atoms with Crippen LogP contribution in [0.3, 0.4) is 0 Å². The maximum absolute atomic E-state index is 14.1. The van der Waals surface area contributed by atoms with E-state index in [-0.39, 0.29) is 24.4 Å². The summed E-state index contributed by atoms with van der Waals surface area (Å²) in [4.78, 5) is 44.7. The molecule has 0 atom stereocenters. The standard InChI is InChI=1S/C24H32FN5O3/c1-4-6-8-14-29-19(11-12-20(31)26-18-10-9-16(3)15-17(18)25)27-22-21(29)23(32)28-24(33)30(22)13-7-5-2/h9-10,15H,4-8,11-14H2,1-3H3,(H,26,31)(H,28,32,33). The molecule has 0 radical (unpaired) electrons. The van der Waals surface area contributed by atoms with Crippen LogP contribution in [-0.4, -0.2) is 25.0 Å². The Hall–Kier alpha value is -3.23. The summed E-state index contributed by atoms with van der Waals surface area (Å²) in [6.07, 6.45) is 4.87. The molecule has 8 nitrogen and oxygen atoms in total. The Kier molecular flexibility index (Phi) is 8.19. The number of aryl methyl sites for hydroxylation is 4. The van der Waals surface area contributed by atoms with Crippen LogP contribution in [0.1, 0.15) is 63.8 Å². The highest BCUT2D eigenvalue weighted by Gasteiger charge is 2.19. The lowest BCUT2D eigenvalue weighted by Crippen LogP contribution is -2.31. The lowest BCUT2D eigenvalue weighted by Gasteiger charge is -2.10. The minimum absolute atomic E-state index is 0.0709. The van der Waals surface area contributed by atoms with Gasteiger partial charge in [0.05, 0.1) is 5.69 Å². The van der Waals surface area contributed by atoms with Crippen molar-refractivity contribution in [3.8, 4) is 0 Å². The van der Waals surface area contributed by atoms with E-state index in [0.717, 1.165) is 37.7 Å². The molecule has 0 bridgehead atoms. The number of unbranched alkanes of at least 4 members (excludes halogenated alkanes) is 3. The van der Waals surface area contributed by atoms with Crippen LogP contribution in [0.15, 0.2) is 27.8 Å². The number of H-pyrrole nitrogens is 1. The first-order valence-electron chi connectivity index (χ1n) is 11.6. The highest BCUT2D eigenvalue weighted by atomic mass is 19.1. The van der Waals surface area contributed by atoms with E-state index in [4.69, 9.17) is 0 Å². The fourth-order valence-electron chi connectivity index (χ4n) is 3.85. The summed E-state index contributed by atoms with van der Waals surface area (Å²) < 4.78 is 17.4. The van der Waals surface area contributed by atoms with E-state index < -0.39 is 17.1 Å². The summed E-state index contributed by atoms with van der Waals surface area (Å²) in [6.45, 7) is 6.93. The molecule has 9 heteroatoms. The van der Waals surface area contributed by atoms with Crippen molar-refractivity contribution in [1.82, 2.24) is 19.1 Å². The molecule has 33 heavy (non-hydrogen) atoms. The number of amides is 1. The van der Waals surface area contributed by atoms with Crippen LogP contribution in [0, 0.1) is 12.7 Å². The number of hydrogen-bond acceptors (Lipinski definition) is 4. The van der Waals surface area contributed by atoms with E-state index in [1.54, 1.807) is 13.0 Å². The number of nitrogens with one attached hydrogen (secondary N) is 2.